The van der Waals surface area contributed by atoms with E-state index in [1.54, 1.807) is 31.5 Å². The molecular weight excluding hydrogens is 380 g/mol. The van der Waals surface area contributed by atoms with Crippen molar-refractivity contribution in [2.24, 2.45) is 0 Å². The van der Waals surface area contributed by atoms with Crippen LogP contribution in [0.25, 0.3) is 6.08 Å². The number of allylic oxidation sites excluding steroid dienone is 1. The van der Waals surface area contributed by atoms with E-state index in [-0.39, 0.29) is 12.5 Å². The Labute approximate surface area is 176 Å². The second kappa shape index (κ2) is 10.7. The molecule has 154 valence electrons. The van der Waals surface area contributed by atoms with E-state index >= 15 is 0 Å². The third-order valence-electron chi connectivity index (χ3n) is 4.14. The van der Waals surface area contributed by atoms with Crippen LogP contribution in [0.15, 0.2) is 72.9 Å². The van der Waals surface area contributed by atoms with E-state index in [0.717, 1.165) is 11.3 Å². The zero-order chi connectivity index (χ0) is 21.2. The largest absolute Gasteiger partial charge is 0.493 e. The minimum atomic E-state index is -0.281. The molecule has 0 unspecified atom stereocenters. The number of hydrogen-bond acceptors (Lipinski definition) is 5. The smallest absolute Gasteiger partial charge is 0.262 e. The van der Waals surface area contributed by atoms with Crippen molar-refractivity contribution in [1.29, 1.82) is 0 Å². The standard InChI is InChI=1S/C24H24N2O4/c1-3-7-18-11-12-22(23(14-18)28-2)30-17-24(27)26-19-9-6-10-21(15-19)29-16-20-8-4-5-13-25-20/h3-15H,16-17H2,1-2H3,(H,26,27)/b7-3+. The van der Waals surface area contributed by atoms with E-state index in [1.807, 2.05) is 61.5 Å². The van der Waals surface area contributed by atoms with Crippen molar-refractivity contribution in [3.63, 3.8) is 0 Å². The summed E-state index contributed by atoms with van der Waals surface area (Å²) in [6.07, 6.45) is 5.62. The highest BCUT2D eigenvalue weighted by Crippen LogP contribution is 2.28. The lowest BCUT2D eigenvalue weighted by Gasteiger charge is -2.12. The molecule has 3 aromatic rings. The fourth-order valence-corrected chi connectivity index (χ4v) is 2.74. The topological polar surface area (TPSA) is 69.7 Å². The molecule has 0 saturated carbocycles. The van der Waals surface area contributed by atoms with Crippen molar-refractivity contribution in [2.45, 2.75) is 13.5 Å². The van der Waals surface area contributed by atoms with Gasteiger partial charge in [-0.3, -0.25) is 9.78 Å². The molecule has 6 nitrogen and oxygen atoms in total. The number of amides is 1. The molecule has 0 saturated heterocycles. The van der Waals surface area contributed by atoms with Crippen LogP contribution in [0, 0.1) is 0 Å². The van der Waals surface area contributed by atoms with Crippen molar-refractivity contribution in [3.05, 3.63) is 84.2 Å². The Morgan fingerprint density at radius 2 is 1.93 bits per heavy atom. The molecule has 1 N–H and O–H groups in total. The molecule has 0 atom stereocenters. The second-order valence-corrected chi connectivity index (χ2v) is 6.38. The number of aromatic nitrogens is 1. The van der Waals surface area contributed by atoms with Crippen LogP contribution in [0.2, 0.25) is 0 Å². The Morgan fingerprint density at radius 1 is 1.03 bits per heavy atom. The fourth-order valence-electron chi connectivity index (χ4n) is 2.74. The normalized spacial score (nSPS) is 10.6. The summed E-state index contributed by atoms with van der Waals surface area (Å²) in [5.74, 6) is 1.44. The van der Waals surface area contributed by atoms with Crippen LogP contribution >= 0.6 is 0 Å². The van der Waals surface area contributed by atoms with Crippen LogP contribution in [-0.2, 0) is 11.4 Å². The lowest BCUT2D eigenvalue weighted by atomic mass is 10.2. The summed E-state index contributed by atoms with van der Waals surface area (Å²) in [5.41, 5.74) is 2.45. The Hall–Kier alpha value is -3.80. The highest BCUT2D eigenvalue weighted by atomic mass is 16.5. The highest BCUT2D eigenvalue weighted by molar-refractivity contribution is 5.92. The number of ether oxygens (including phenoxy) is 3. The van der Waals surface area contributed by atoms with Gasteiger partial charge in [-0.05, 0) is 48.9 Å². The number of rotatable bonds is 9. The maximum absolute atomic E-state index is 12.3. The first-order valence-electron chi connectivity index (χ1n) is 9.54. The van der Waals surface area contributed by atoms with Crippen molar-refractivity contribution in [1.82, 2.24) is 4.98 Å². The second-order valence-electron chi connectivity index (χ2n) is 6.38. The highest BCUT2D eigenvalue weighted by Gasteiger charge is 2.09. The SMILES string of the molecule is C/C=C/c1ccc(OCC(=O)Nc2cccc(OCc3ccccn3)c2)c(OC)c1. The van der Waals surface area contributed by atoms with Crippen molar-refractivity contribution >= 4 is 17.7 Å². The van der Waals surface area contributed by atoms with Crippen molar-refractivity contribution in [2.75, 3.05) is 19.0 Å². The summed E-state index contributed by atoms with van der Waals surface area (Å²) in [4.78, 5) is 16.5. The van der Waals surface area contributed by atoms with E-state index in [1.165, 1.54) is 0 Å². The Morgan fingerprint density at radius 3 is 2.70 bits per heavy atom. The zero-order valence-electron chi connectivity index (χ0n) is 17.0. The van der Waals surface area contributed by atoms with E-state index in [0.29, 0.717) is 29.5 Å². The first-order valence-corrected chi connectivity index (χ1v) is 9.54. The van der Waals surface area contributed by atoms with E-state index in [4.69, 9.17) is 14.2 Å². The van der Waals surface area contributed by atoms with Gasteiger partial charge in [-0.1, -0.05) is 30.4 Å². The third-order valence-corrected chi connectivity index (χ3v) is 4.14. The molecule has 0 aliphatic carbocycles. The van der Waals surface area contributed by atoms with Gasteiger partial charge in [0, 0.05) is 18.0 Å². The Bertz CT molecular complexity index is 1000. The van der Waals surface area contributed by atoms with E-state index in [2.05, 4.69) is 10.3 Å². The van der Waals surface area contributed by atoms with Crippen LogP contribution in [0.1, 0.15) is 18.2 Å². The molecule has 0 bridgehead atoms. The van der Waals surface area contributed by atoms with Gasteiger partial charge in [-0.2, -0.15) is 0 Å². The van der Waals surface area contributed by atoms with Crippen LogP contribution < -0.4 is 19.5 Å². The van der Waals surface area contributed by atoms with E-state index < -0.39 is 0 Å². The average molecular weight is 404 g/mol. The average Bonchev–Trinajstić information content (AvgIpc) is 2.78. The van der Waals surface area contributed by atoms with Crippen LogP contribution in [0.3, 0.4) is 0 Å². The molecule has 1 aromatic heterocycles. The van der Waals surface area contributed by atoms with Gasteiger partial charge in [0.15, 0.2) is 18.1 Å². The summed E-state index contributed by atoms with van der Waals surface area (Å²) in [5, 5.41) is 2.81. The summed E-state index contributed by atoms with van der Waals surface area (Å²) in [6, 6.07) is 18.4. The number of pyridine rings is 1. The van der Waals surface area contributed by atoms with Crippen molar-refractivity contribution in [3.8, 4) is 17.2 Å². The molecule has 30 heavy (non-hydrogen) atoms. The van der Waals surface area contributed by atoms with Gasteiger partial charge >= 0.3 is 0 Å². The molecule has 0 aliphatic heterocycles. The summed E-state index contributed by atoms with van der Waals surface area (Å²) in [7, 11) is 1.57. The summed E-state index contributed by atoms with van der Waals surface area (Å²) in [6.45, 7) is 2.16. The Balaban J connectivity index is 1.55. The van der Waals surface area contributed by atoms with Gasteiger partial charge in [0.05, 0.1) is 12.8 Å². The minimum absolute atomic E-state index is 0.141. The minimum Gasteiger partial charge on any atom is -0.493 e. The molecule has 2 aromatic carbocycles. The van der Waals surface area contributed by atoms with Gasteiger partial charge in [0.2, 0.25) is 0 Å². The quantitative estimate of drug-likeness (QED) is 0.559. The molecule has 0 aliphatic rings. The third kappa shape index (κ3) is 6.10. The van der Waals surface area contributed by atoms with E-state index in [9.17, 15) is 4.79 Å². The predicted octanol–water partition coefficient (Wildman–Crippen LogP) is 4.72. The molecule has 1 amide bonds. The number of benzene rings is 2. The molecular formula is C24H24N2O4. The van der Waals surface area contributed by atoms with Gasteiger partial charge in [-0.25, -0.2) is 0 Å². The predicted molar refractivity (Wildman–Crippen MR) is 117 cm³/mol. The monoisotopic (exact) mass is 404 g/mol. The molecule has 1 heterocycles. The summed E-state index contributed by atoms with van der Waals surface area (Å²) >= 11 is 0. The first-order chi connectivity index (χ1) is 14.7. The number of carbonyl (C=O) groups is 1. The van der Waals surface area contributed by atoms with Crippen LogP contribution in [-0.4, -0.2) is 24.6 Å². The van der Waals surface area contributed by atoms with Crippen molar-refractivity contribution < 1.29 is 19.0 Å². The fraction of sp³-hybridized carbons (Fsp3) is 0.167. The molecule has 0 radical (unpaired) electrons. The molecule has 0 fully saturated rings. The number of anilines is 1. The number of methoxy groups -OCH3 is 1. The maximum Gasteiger partial charge on any atom is 0.262 e. The summed E-state index contributed by atoms with van der Waals surface area (Å²) < 4.78 is 16.7. The van der Waals surface area contributed by atoms with Gasteiger partial charge in [0.25, 0.3) is 5.91 Å². The van der Waals surface area contributed by atoms with Crippen LogP contribution in [0.4, 0.5) is 5.69 Å². The maximum atomic E-state index is 12.3. The zero-order valence-corrected chi connectivity index (χ0v) is 17.0. The number of hydrogen-bond donors (Lipinski definition) is 1. The molecule has 0 spiro atoms. The first kappa shape index (κ1) is 20.9. The van der Waals surface area contributed by atoms with Gasteiger partial charge in [0.1, 0.15) is 12.4 Å². The Kier molecular flexibility index (Phi) is 7.44. The van der Waals surface area contributed by atoms with Gasteiger partial charge in [-0.15, -0.1) is 0 Å². The molecule has 3 rings (SSSR count). The molecule has 6 heteroatoms. The lowest BCUT2D eigenvalue weighted by molar-refractivity contribution is -0.118. The number of carbonyl (C=O) groups excluding carboxylic acids is 1. The van der Waals surface area contributed by atoms with Gasteiger partial charge < -0.3 is 19.5 Å². The lowest BCUT2D eigenvalue weighted by Crippen LogP contribution is -2.20. The number of nitrogens with zero attached hydrogens (tertiary/aromatic N) is 1. The van der Waals surface area contributed by atoms with Crippen LogP contribution in [0.5, 0.6) is 17.2 Å². The number of nitrogens with one attached hydrogen (secondary N) is 1.